The van der Waals surface area contributed by atoms with E-state index in [4.69, 9.17) is 4.74 Å². The highest BCUT2D eigenvalue weighted by molar-refractivity contribution is 5.60. The maximum atomic E-state index is 9.26. The summed E-state index contributed by atoms with van der Waals surface area (Å²) >= 11 is 0. The van der Waals surface area contributed by atoms with Gasteiger partial charge in [-0.05, 0) is 51.3 Å². The quantitative estimate of drug-likeness (QED) is 0.754. The molecule has 0 aromatic heterocycles. The van der Waals surface area contributed by atoms with Crippen LogP contribution >= 0.6 is 0 Å². The van der Waals surface area contributed by atoms with Crippen molar-refractivity contribution in [3.8, 4) is 5.75 Å². The van der Waals surface area contributed by atoms with Crippen LogP contribution in [-0.4, -0.2) is 35.9 Å². The Morgan fingerprint density at radius 2 is 2.19 bits per heavy atom. The number of aliphatic hydroxyl groups is 1. The molecule has 118 valence electrons. The van der Waals surface area contributed by atoms with Gasteiger partial charge in [-0.3, -0.25) is 0 Å². The molecule has 0 aliphatic carbocycles. The van der Waals surface area contributed by atoms with Crippen LogP contribution in [0.2, 0.25) is 0 Å². The molecule has 0 saturated carbocycles. The van der Waals surface area contributed by atoms with Crippen molar-refractivity contribution in [2.45, 2.75) is 58.2 Å². The molecule has 2 rings (SSSR count). The van der Waals surface area contributed by atoms with Crippen molar-refractivity contribution in [3.05, 3.63) is 23.8 Å². The summed E-state index contributed by atoms with van der Waals surface area (Å²) < 4.78 is 5.97. The Kier molecular flexibility index (Phi) is 5.12. The number of anilines is 1. The molecule has 21 heavy (non-hydrogen) atoms. The van der Waals surface area contributed by atoms with Gasteiger partial charge in [0.25, 0.3) is 0 Å². The molecule has 2 unspecified atom stereocenters. The summed E-state index contributed by atoms with van der Waals surface area (Å²) in [4.78, 5) is 0. The molecule has 0 amide bonds. The minimum atomic E-state index is -0.154. The summed E-state index contributed by atoms with van der Waals surface area (Å²) in [6, 6.07) is 6.86. The van der Waals surface area contributed by atoms with E-state index in [2.05, 4.69) is 56.5 Å². The fourth-order valence-corrected chi connectivity index (χ4v) is 2.69. The van der Waals surface area contributed by atoms with E-state index in [-0.39, 0.29) is 18.2 Å². The lowest BCUT2D eigenvalue weighted by Crippen LogP contribution is -2.40. The molecule has 1 aromatic rings. The zero-order valence-electron chi connectivity index (χ0n) is 13.6. The van der Waals surface area contributed by atoms with E-state index in [1.165, 1.54) is 5.56 Å². The molecule has 4 nitrogen and oxygen atoms in total. The lowest BCUT2D eigenvalue weighted by molar-refractivity contribution is 0.116. The maximum Gasteiger partial charge on any atom is 0.143 e. The third kappa shape index (κ3) is 4.35. The van der Waals surface area contributed by atoms with Crippen molar-refractivity contribution in [1.82, 2.24) is 5.32 Å². The van der Waals surface area contributed by atoms with Gasteiger partial charge in [0.15, 0.2) is 0 Å². The van der Waals surface area contributed by atoms with Gasteiger partial charge in [-0.2, -0.15) is 0 Å². The van der Waals surface area contributed by atoms with Crippen molar-refractivity contribution in [3.63, 3.8) is 0 Å². The van der Waals surface area contributed by atoms with Gasteiger partial charge < -0.3 is 20.5 Å². The largest absolute Gasteiger partial charge is 0.484 e. The molecule has 1 aliphatic heterocycles. The van der Waals surface area contributed by atoms with Crippen molar-refractivity contribution >= 4 is 5.69 Å². The summed E-state index contributed by atoms with van der Waals surface area (Å²) in [5.41, 5.74) is 2.20. The number of hydrogen-bond acceptors (Lipinski definition) is 4. The summed E-state index contributed by atoms with van der Waals surface area (Å²) in [7, 11) is 0. The Bertz CT molecular complexity index is 470. The van der Waals surface area contributed by atoms with Gasteiger partial charge in [0.05, 0.1) is 18.8 Å². The summed E-state index contributed by atoms with van der Waals surface area (Å²) in [5, 5.41) is 16.2. The number of benzene rings is 1. The highest BCUT2D eigenvalue weighted by Gasteiger charge is 2.26. The van der Waals surface area contributed by atoms with Crippen LogP contribution in [0.3, 0.4) is 0 Å². The lowest BCUT2D eigenvalue weighted by Gasteiger charge is -2.33. The monoisotopic (exact) mass is 292 g/mol. The minimum absolute atomic E-state index is 0.154. The topological polar surface area (TPSA) is 53.5 Å². The van der Waals surface area contributed by atoms with Crippen molar-refractivity contribution in [1.29, 1.82) is 0 Å². The van der Waals surface area contributed by atoms with Gasteiger partial charge in [0, 0.05) is 12.1 Å². The number of nitrogens with one attached hydrogen (secondary N) is 2. The van der Waals surface area contributed by atoms with E-state index in [9.17, 15) is 5.11 Å². The van der Waals surface area contributed by atoms with Crippen LogP contribution in [0, 0.1) is 0 Å². The third-order valence-electron chi connectivity index (χ3n) is 3.91. The standard InChI is InChI=1S/C17H28N2O2/c1-5-14(10-20)19-12(2)8-13-6-7-16-15(9-13)18-11-17(3,4)21-16/h6-7,9,12,14,18-20H,5,8,10-11H2,1-4H3. The summed E-state index contributed by atoms with van der Waals surface area (Å²) in [6.07, 6.45) is 1.88. The fourth-order valence-electron chi connectivity index (χ4n) is 2.69. The predicted octanol–water partition coefficient (Wildman–Crippen LogP) is 2.56. The molecule has 0 fully saturated rings. The predicted molar refractivity (Wildman–Crippen MR) is 87.1 cm³/mol. The van der Waals surface area contributed by atoms with Crippen molar-refractivity contribution < 1.29 is 9.84 Å². The zero-order valence-corrected chi connectivity index (χ0v) is 13.6. The Morgan fingerprint density at radius 3 is 2.86 bits per heavy atom. The second kappa shape index (κ2) is 6.67. The van der Waals surface area contributed by atoms with Crippen LogP contribution in [0.1, 0.15) is 39.7 Å². The molecule has 4 heteroatoms. The molecule has 2 atom stereocenters. The molecule has 0 bridgehead atoms. The van der Waals surface area contributed by atoms with Crippen LogP contribution in [-0.2, 0) is 6.42 Å². The Hall–Kier alpha value is -1.26. The van der Waals surface area contributed by atoms with E-state index in [1.54, 1.807) is 0 Å². The second-order valence-corrected chi connectivity index (χ2v) is 6.61. The molecule has 0 radical (unpaired) electrons. The Labute approximate surface area is 127 Å². The molecular weight excluding hydrogens is 264 g/mol. The van der Waals surface area contributed by atoms with Crippen LogP contribution < -0.4 is 15.4 Å². The minimum Gasteiger partial charge on any atom is -0.484 e. The molecule has 1 heterocycles. The first-order valence-electron chi connectivity index (χ1n) is 7.86. The SMILES string of the molecule is CCC(CO)NC(C)Cc1ccc2c(c1)NCC(C)(C)O2. The number of rotatable bonds is 6. The molecular formula is C17H28N2O2. The number of fused-ring (bicyclic) bond motifs is 1. The van der Waals surface area contributed by atoms with Gasteiger partial charge in [-0.25, -0.2) is 0 Å². The Balaban J connectivity index is 1.99. The van der Waals surface area contributed by atoms with Crippen molar-refractivity contribution in [2.75, 3.05) is 18.5 Å². The van der Waals surface area contributed by atoms with Crippen LogP contribution in [0.4, 0.5) is 5.69 Å². The summed E-state index contributed by atoms with van der Waals surface area (Å²) in [6.45, 7) is 9.42. The van der Waals surface area contributed by atoms with Gasteiger partial charge in [-0.15, -0.1) is 0 Å². The smallest absolute Gasteiger partial charge is 0.143 e. The number of aliphatic hydroxyl groups excluding tert-OH is 1. The average Bonchev–Trinajstić information content (AvgIpc) is 2.44. The molecule has 0 spiro atoms. The van der Waals surface area contributed by atoms with E-state index >= 15 is 0 Å². The van der Waals surface area contributed by atoms with E-state index < -0.39 is 0 Å². The van der Waals surface area contributed by atoms with E-state index in [0.717, 1.165) is 30.8 Å². The van der Waals surface area contributed by atoms with E-state index in [0.29, 0.717) is 6.04 Å². The lowest BCUT2D eigenvalue weighted by atomic mass is 10.0. The highest BCUT2D eigenvalue weighted by Crippen LogP contribution is 2.33. The zero-order chi connectivity index (χ0) is 15.5. The van der Waals surface area contributed by atoms with Crippen LogP contribution in [0.15, 0.2) is 18.2 Å². The van der Waals surface area contributed by atoms with Gasteiger partial charge in [-0.1, -0.05) is 13.0 Å². The van der Waals surface area contributed by atoms with Gasteiger partial charge in [0.1, 0.15) is 11.4 Å². The average molecular weight is 292 g/mol. The first-order chi connectivity index (χ1) is 9.93. The van der Waals surface area contributed by atoms with Crippen LogP contribution in [0.25, 0.3) is 0 Å². The molecule has 3 N–H and O–H groups in total. The van der Waals surface area contributed by atoms with E-state index in [1.807, 2.05) is 0 Å². The fraction of sp³-hybridized carbons (Fsp3) is 0.647. The third-order valence-corrected chi connectivity index (χ3v) is 3.91. The number of hydrogen-bond donors (Lipinski definition) is 3. The number of ether oxygens (including phenoxy) is 1. The highest BCUT2D eigenvalue weighted by atomic mass is 16.5. The summed E-state index contributed by atoms with van der Waals surface area (Å²) in [5.74, 6) is 0.928. The molecule has 1 aromatic carbocycles. The van der Waals surface area contributed by atoms with Gasteiger partial charge in [0.2, 0.25) is 0 Å². The Morgan fingerprint density at radius 1 is 1.43 bits per heavy atom. The maximum absolute atomic E-state index is 9.26. The normalized spacial score (nSPS) is 19.1. The molecule has 1 aliphatic rings. The van der Waals surface area contributed by atoms with Crippen LogP contribution in [0.5, 0.6) is 5.75 Å². The first kappa shape index (κ1) is 16.1. The second-order valence-electron chi connectivity index (χ2n) is 6.61. The molecule has 0 saturated heterocycles. The first-order valence-corrected chi connectivity index (χ1v) is 7.86. The van der Waals surface area contributed by atoms with Gasteiger partial charge >= 0.3 is 0 Å². The van der Waals surface area contributed by atoms with Crippen molar-refractivity contribution in [2.24, 2.45) is 0 Å².